The fourth-order valence-electron chi connectivity index (χ4n) is 1.48. The van der Waals surface area contributed by atoms with Crippen LogP contribution >= 0.6 is 11.8 Å². The predicted molar refractivity (Wildman–Crippen MR) is 57.0 cm³/mol. The highest BCUT2D eigenvalue weighted by atomic mass is 32.2. The first-order chi connectivity index (χ1) is 6.11. The second-order valence-corrected chi connectivity index (χ2v) is 4.83. The Morgan fingerprint density at radius 3 is 2.77 bits per heavy atom. The van der Waals surface area contributed by atoms with Crippen LogP contribution in [-0.2, 0) is 4.79 Å². The number of likely N-dealkylation sites (N-methyl/N-ethyl adjacent to an activating group) is 1. The molecule has 0 radical (unpaired) electrons. The van der Waals surface area contributed by atoms with Crippen LogP contribution < -0.4 is 5.32 Å². The molecule has 1 heterocycles. The third kappa shape index (κ3) is 3.19. The Kier molecular flexibility index (Phi) is 4.06. The van der Waals surface area contributed by atoms with Crippen molar-refractivity contribution in [1.29, 1.82) is 0 Å². The normalized spacial score (nSPS) is 24.4. The Labute approximate surface area is 84.2 Å². The third-order valence-corrected chi connectivity index (χ3v) is 3.39. The number of carbonyl (C=O) groups excluding carboxylic acids is 1. The van der Waals surface area contributed by atoms with Crippen LogP contribution in [0.15, 0.2) is 0 Å². The van der Waals surface area contributed by atoms with Gasteiger partial charge in [0.1, 0.15) is 0 Å². The summed E-state index contributed by atoms with van der Waals surface area (Å²) in [4.78, 5) is 13.1. The molecular formula is C9H18N2OS. The summed E-state index contributed by atoms with van der Waals surface area (Å²) >= 11 is 1.96. The first-order valence-corrected chi connectivity index (χ1v) is 5.81. The number of nitrogens with zero attached hydrogens (tertiary/aromatic N) is 1. The molecule has 0 spiro atoms. The van der Waals surface area contributed by atoms with Crippen LogP contribution in [0.1, 0.15) is 13.3 Å². The van der Waals surface area contributed by atoms with Gasteiger partial charge in [0.25, 0.3) is 0 Å². The van der Waals surface area contributed by atoms with Gasteiger partial charge in [-0.1, -0.05) is 0 Å². The summed E-state index contributed by atoms with van der Waals surface area (Å²) < 4.78 is 0. The lowest BCUT2D eigenvalue weighted by Gasteiger charge is -2.21. The summed E-state index contributed by atoms with van der Waals surface area (Å²) in [5, 5.41) is 3.35. The van der Waals surface area contributed by atoms with Crippen molar-refractivity contribution >= 4 is 17.7 Å². The van der Waals surface area contributed by atoms with E-state index in [4.69, 9.17) is 0 Å². The van der Waals surface area contributed by atoms with Gasteiger partial charge < -0.3 is 10.2 Å². The van der Waals surface area contributed by atoms with E-state index in [9.17, 15) is 4.79 Å². The SMILES string of the molecule is C[C@@H](NC1CCSC1)C(=O)N(C)C. The fourth-order valence-corrected chi connectivity index (χ4v) is 2.64. The van der Waals surface area contributed by atoms with Crippen molar-refractivity contribution in [2.75, 3.05) is 25.6 Å². The van der Waals surface area contributed by atoms with Gasteiger partial charge in [-0.05, 0) is 19.1 Å². The highest BCUT2D eigenvalue weighted by Gasteiger charge is 2.21. The predicted octanol–water partition coefficient (Wildman–Crippen LogP) is 0.558. The zero-order valence-electron chi connectivity index (χ0n) is 8.54. The molecule has 1 saturated heterocycles. The molecule has 1 N–H and O–H groups in total. The molecule has 3 nitrogen and oxygen atoms in total. The Hall–Kier alpha value is -0.220. The van der Waals surface area contributed by atoms with Crippen LogP contribution in [0.25, 0.3) is 0 Å². The van der Waals surface area contributed by atoms with E-state index in [-0.39, 0.29) is 11.9 Å². The summed E-state index contributed by atoms with van der Waals surface area (Å²) in [6, 6.07) is 0.489. The summed E-state index contributed by atoms with van der Waals surface area (Å²) in [5.41, 5.74) is 0. The molecule has 0 aromatic heterocycles. The first-order valence-electron chi connectivity index (χ1n) is 4.66. The van der Waals surface area contributed by atoms with Gasteiger partial charge >= 0.3 is 0 Å². The molecule has 0 aromatic carbocycles. The van der Waals surface area contributed by atoms with Gasteiger partial charge in [0.15, 0.2) is 0 Å². The number of hydrogen-bond donors (Lipinski definition) is 1. The van der Waals surface area contributed by atoms with Crippen molar-refractivity contribution in [3.8, 4) is 0 Å². The largest absolute Gasteiger partial charge is 0.347 e. The summed E-state index contributed by atoms with van der Waals surface area (Å²) in [5.74, 6) is 2.53. The van der Waals surface area contributed by atoms with Gasteiger partial charge in [-0.25, -0.2) is 0 Å². The van der Waals surface area contributed by atoms with E-state index in [0.29, 0.717) is 6.04 Å². The lowest BCUT2D eigenvalue weighted by molar-refractivity contribution is -0.130. The van der Waals surface area contributed by atoms with Crippen molar-refractivity contribution in [2.45, 2.75) is 25.4 Å². The van der Waals surface area contributed by atoms with E-state index in [1.807, 2.05) is 18.7 Å². The van der Waals surface area contributed by atoms with Crippen molar-refractivity contribution in [3.63, 3.8) is 0 Å². The van der Waals surface area contributed by atoms with Crippen molar-refractivity contribution < 1.29 is 4.79 Å². The molecule has 1 unspecified atom stereocenters. The molecule has 1 aliphatic heterocycles. The molecule has 0 aromatic rings. The van der Waals surface area contributed by atoms with Crippen LogP contribution in [0.4, 0.5) is 0 Å². The number of hydrogen-bond acceptors (Lipinski definition) is 3. The maximum atomic E-state index is 11.5. The number of nitrogens with one attached hydrogen (secondary N) is 1. The van der Waals surface area contributed by atoms with Gasteiger partial charge in [-0.2, -0.15) is 11.8 Å². The average molecular weight is 202 g/mol. The minimum Gasteiger partial charge on any atom is -0.347 e. The molecule has 0 bridgehead atoms. The smallest absolute Gasteiger partial charge is 0.238 e. The molecule has 1 amide bonds. The standard InChI is InChI=1S/C9H18N2OS/c1-7(9(12)11(2)3)10-8-4-5-13-6-8/h7-8,10H,4-6H2,1-3H3/t7-,8?/m1/s1. The Morgan fingerprint density at radius 2 is 2.31 bits per heavy atom. The summed E-state index contributed by atoms with van der Waals surface area (Å²) in [7, 11) is 3.59. The Balaban J connectivity index is 2.31. The number of amides is 1. The monoisotopic (exact) mass is 202 g/mol. The van der Waals surface area contributed by atoms with E-state index >= 15 is 0 Å². The van der Waals surface area contributed by atoms with Crippen LogP contribution in [0, 0.1) is 0 Å². The number of thioether (sulfide) groups is 1. The van der Waals surface area contributed by atoms with Crippen LogP contribution in [0.5, 0.6) is 0 Å². The molecule has 1 aliphatic rings. The number of carbonyl (C=O) groups is 1. The van der Waals surface area contributed by atoms with Gasteiger partial charge in [0, 0.05) is 25.9 Å². The highest BCUT2D eigenvalue weighted by molar-refractivity contribution is 7.99. The van der Waals surface area contributed by atoms with Gasteiger partial charge in [-0.3, -0.25) is 4.79 Å². The summed E-state index contributed by atoms with van der Waals surface area (Å²) in [6.07, 6.45) is 1.19. The van der Waals surface area contributed by atoms with E-state index < -0.39 is 0 Å². The third-order valence-electron chi connectivity index (χ3n) is 2.23. The minimum atomic E-state index is -0.0429. The second-order valence-electron chi connectivity index (χ2n) is 3.68. The molecule has 2 atom stereocenters. The van der Waals surface area contributed by atoms with Crippen LogP contribution in [0.3, 0.4) is 0 Å². The Morgan fingerprint density at radius 1 is 1.62 bits per heavy atom. The molecule has 13 heavy (non-hydrogen) atoms. The van der Waals surface area contributed by atoms with E-state index in [2.05, 4.69) is 5.32 Å². The topological polar surface area (TPSA) is 32.3 Å². The minimum absolute atomic E-state index is 0.0429. The highest BCUT2D eigenvalue weighted by Crippen LogP contribution is 2.17. The van der Waals surface area contributed by atoms with E-state index in [0.717, 1.165) is 5.75 Å². The van der Waals surface area contributed by atoms with Crippen molar-refractivity contribution in [2.24, 2.45) is 0 Å². The lowest BCUT2D eigenvalue weighted by atomic mass is 10.2. The number of rotatable bonds is 3. The first kappa shape index (κ1) is 10.9. The van der Waals surface area contributed by atoms with Crippen molar-refractivity contribution in [1.82, 2.24) is 10.2 Å². The van der Waals surface area contributed by atoms with Crippen molar-refractivity contribution in [3.05, 3.63) is 0 Å². The molecular weight excluding hydrogens is 184 g/mol. The fraction of sp³-hybridized carbons (Fsp3) is 0.889. The zero-order valence-corrected chi connectivity index (χ0v) is 9.36. The maximum Gasteiger partial charge on any atom is 0.238 e. The molecule has 0 saturated carbocycles. The molecule has 76 valence electrons. The lowest BCUT2D eigenvalue weighted by Crippen LogP contribution is -2.46. The summed E-state index contributed by atoms with van der Waals surface area (Å²) in [6.45, 7) is 1.94. The van der Waals surface area contributed by atoms with E-state index in [1.54, 1.807) is 19.0 Å². The average Bonchev–Trinajstić information content (AvgIpc) is 2.55. The molecule has 1 rings (SSSR count). The maximum absolute atomic E-state index is 11.5. The molecule has 4 heteroatoms. The molecule has 1 fully saturated rings. The molecule has 0 aliphatic carbocycles. The van der Waals surface area contributed by atoms with Gasteiger partial charge in [0.05, 0.1) is 6.04 Å². The van der Waals surface area contributed by atoms with Gasteiger partial charge in [0.2, 0.25) is 5.91 Å². The zero-order chi connectivity index (χ0) is 9.84. The Bertz CT molecular complexity index is 178. The van der Waals surface area contributed by atoms with E-state index in [1.165, 1.54) is 12.2 Å². The van der Waals surface area contributed by atoms with Gasteiger partial charge in [-0.15, -0.1) is 0 Å². The van der Waals surface area contributed by atoms with Crippen LogP contribution in [-0.4, -0.2) is 48.5 Å². The quantitative estimate of drug-likeness (QED) is 0.726. The van der Waals surface area contributed by atoms with Crippen LogP contribution in [0.2, 0.25) is 0 Å². The second kappa shape index (κ2) is 4.86.